The summed E-state index contributed by atoms with van der Waals surface area (Å²) in [5.41, 5.74) is 4.67. The first kappa shape index (κ1) is 23.0. The van der Waals surface area contributed by atoms with E-state index in [2.05, 4.69) is 5.32 Å². The minimum absolute atomic E-state index is 0.00604. The molecule has 0 unspecified atom stereocenters. The van der Waals surface area contributed by atoms with E-state index in [-0.39, 0.29) is 35.2 Å². The second-order valence-electron chi connectivity index (χ2n) is 8.38. The zero-order chi connectivity index (χ0) is 24.4. The Morgan fingerprint density at radius 1 is 0.912 bits per heavy atom. The number of carbonyl (C=O) groups is 2. The van der Waals surface area contributed by atoms with Gasteiger partial charge in [0.15, 0.2) is 18.2 Å². The number of nitrogens with one attached hydrogen (secondary N) is 1. The van der Waals surface area contributed by atoms with Gasteiger partial charge in [-0.25, -0.2) is 0 Å². The molecule has 0 spiro atoms. The van der Waals surface area contributed by atoms with E-state index in [1.54, 1.807) is 24.3 Å². The highest BCUT2D eigenvalue weighted by molar-refractivity contribution is 5.98. The minimum atomic E-state index is -0.334. The number of aryl methyl sites for hydroxylation is 3. The van der Waals surface area contributed by atoms with Gasteiger partial charge in [0.25, 0.3) is 0 Å². The maximum atomic E-state index is 13.5. The third kappa shape index (κ3) is 4.76. The number of fused-ring (bicyclic) bond motifs is 1. The van der Waals surface area contributed by atoms with E-state index in [0.29, 0.717) is 27.8 Å². The highest BCUT2D eigenvalue weighted by Crippen LogP contribution is 2.32. The lowest BCUT2D eigenvalue weighted by atomic mass is 10.0. The molecule has 172 valence electrons. The summed E-state index contributed by atoms with van der Waals surface area (Å²) < 4.78 is 12.0. The van der Waals surface area contributed by atoms with Crippen molar-refractivity contribution >= 4 is 28.3 Å². The maximum Gasteiger partial charge on any atom is 0.235 e. The average molecular weight is 456 g/mol. The molecule has 0 aliphatic carbocycles. The van der Waals surface area contributed by atoms with Crippen LogP contribution in [0.4, 0.5) is 5.69 Å². The Morgan fingerprint density at radius 3 is 2.24 bits per heavy atom. The highest BCUT2D eigenvalue weighted by Gasteiger charge is 2.20. The number of anilines is 1. The van der Waals surface area contributed by atoms with Crippen molar-refractivity contribution in [3.8, 4) is 17.1 Å². The molecule has 0 radical (unpaired) electrons. The Morgan fingerprint density at radius 2 is 1.59 bits per heavy atom. The molecule has 0 atom stereocenters. The van der Waals surface area contributed by atoms with Crippen molar-refractivity contribution in [2.75, 3.05) is 11.9 Å². The Bertz CT molecular complexity index is 1450. The summed E-state index contributed by atoms with van der Waals surface area (Å²) in [4.78, 5) is 37.5. The Balaban J connectivity index is 1.72. The number of benzene rings is 3. The summed E-state index contributed by atoms with van der Waals surface area (Å²) >= 11 is 0. The average Bonchev–Trinajstić information content (AvgIpc) is 2.78. The largest absolute Gasteiger partial charge is 0.478 e. The minimum Gasteiger partial charge on any atom is -0.478 e. The van der Waals surface area contributed by atoms with Gasteiger partial charge < -0.3 is 14.5 Å². The van der Waals surface area contributed by atoms with E-state index < -0.39 is 0 Å². The van der Waals surface area contributed by atoms with Crippen LogP contribution in [0.1, 0.15) is 34.0 Å². The Kier molecular flexibility index (Phi) is 6.32. The Hall–Kier alpha value is -4.19. The van der Waals surface area contributed by atoms with Crippen LogP contribution in [0.5, 0.6) is 5.75 Å². The fourth-order valence-electron chi connectivity index (χ4n) is 3.86. The predicted molar refractivity (Wildman–Crippen MR) is 133 cm³/mol. The summed E-state index contributed by atoms with van der Waals surface area (Å²) in [6, 6.07) is 17.8. The number of ketones is 1. The lowest BCUT2D eigenvalue weighted by molar-refractivity contribution is -0.114. The molecule has 1 N–H and O–H groups in total. The zero-order valence-electron chi connectivity index (χ0n) is 19.5. The fourth-order valence-corrected chi connectivity index (χ4v) is 3.86. The molecule has 3 aromatic carbocycles. The van der Waals surface area contributed by atoms with Gasteiger partial charge in [0, 0.05) is 23.7 Å². The monoisotopic (exact) mass is 455 g/mol. The van der Waals surface area contributed by atoms with Crippen molar-refractivity contribution in [1.82, 2.24) is 0 Å². The summed E-state index contributed by atoms with van der Waals surface area (Å²) in [6.45, 7) is 6.85. The molecule has 4 aromatic rings. The van der Waals surface area contributed by atoms with E-state index in [1.165, 1.54) is 6.92 Å². The van der Waals surface area contributed by atoms with Gasteiger partial charge in [0.2, 0.25) is 17.1 Å². The number of Topliss-reactive ketones (excluding diaryl/α,β-unsaturated/α-hetero) is 1. The summed E-state index contributed by atoms with van der Waals surface area (Å²) in [5, 5.41) is 3.09. The van der Waals surface area contributed by atoms with Gasteiger partial charge >= 0.3 is 0 Å². The van der Waals surface area contributed by atoms with Crippen LogP contribution < -0.4 is 15.5 Å². The first-order valence-electron chi connectivity index (χ1n) is 10.9. The standard InChI is InChI=1S/C28H25NO5/c1-16-5-7-21(8-6-16)27-28(26(32)25-18(3)13-17(2)14-24(25)34-27)33-15-23(31)20-9-11-22(12-10-20)29-19(4)30/h5-14H,15H2,1-4H3,(H,29,30). The number of rotatable bonds is 6. The van der Waals surface area contributed by atoms with Crippen LogP contribution in [-0.4, -0.2) is 18.3 Å². The quantitative estimate of drug-likeness (QED) is 0.382. The van der Waals surface area contributed by atoms with Crippen LogP contribution in [0.25, 0.3) is 22.3 Å². The normalized spacial score (nSPS) is 10.8. The Labute approximate surface area is 197 Å². The summed E-state index contributed by atoms with van der Waals surface area (Å²) in [7, 11) is 0. The van der Waals surface area contributed by atoms with Crippen molar-refractivity contribution in [2.24, 2.45) is 0 Å². The molecule has 1 amide bonds. The second kappa shape index (κ2) is 9.35. The number of amides is 1. The maximum absolute atomic E-state index is 13.5. The molecule has 6 heteroatoms. The number of ether oxygens (including phenoxy) is 1. The van der Waals surface area contributed by atoms with E-state index >= 15 is 0 Å². The van der Waals surface area contributed by atoms with Crippen LogP contribution in [0, 0.1) is 20.8 Å². The van der Waals surface area contributed by atoms with Gasteiger partial charge in [0.05, 0.1) is 5.39 Å². The summed E-state index contributed by atoms with van der Waals surface area (Å²) in [5.74, 6) is -0.202. The molecule has 0 saturated carbocycles. The molecule has 6 nitrogen and oxygen atoms in total. The third-order valence-electron chi connectivity index (χ3n) is 5.48. The lowest BCUT2D eigenvalue weighted by Crippen LogP contribution is -2.17. The van der Waals surface area contributed by atoms with Crippen molar-refractivity contribution < 1.29 is 18.7 Å². The molecule has 0 saturated heterocycles. The summed E-state index contributed by atoms with van der Waals surface area (Å²) in [6.07, 6.45) is 0. The van der Waals surface area contributed by atoms with Crippen LogP contribution in [0.15, 0.2) is 69.9 Å². The van der Waals surface area contributed by atoms with Crippen molar-refractivity contribution in [3.63, 3.8) is 0 Å². The number of hydrogen-bond acceptors (Lipinski definition) is 5. The lowest BCUT2D eigenvalue weighted by Gasteiger charge is -2.13. The SMILES string of the molecule is CC(=O)Nc1ccc(C(=O)COc2c(-c3ccc(C)cc3)oc3cc(C)cc(C)c3c2=O)cc1. The van der Waals surface area contributed by atoms with E-state index in [4.69, 9.17) is 9.15 Å². The molecule has 34 heavy (non-hydrogen) atoms. The third-order valence-corrected chi connectivity index (χ3v) is 5.48. The number of hydrogen-bond donors (Lipinski definition) is 1. The van der Waals surface area contributed by atoms with Crippen molar-refractivity contribution in [1.29, 1.82) is 0 Å². The van der Waals surface area contributed by atoms with Crippen molar-refractivity contribution in [3.05, 3.63) is 93.1 Å². The van der Waals surface area contributed by atoms with Gasteiger partial charge in [-0.3, -0.25) is 14.4 Å². The number of carbonyl (C=O) groups excluding carboxylic acids is 2. The first-order chi connectivity index (χ1) is 16.2. The van der Waals surface area contributed by atoms with Crippen LogP contribution >= 0.6 is 0 Å². The second-order valence-corrected chi connectivity index (χ2v) is 8.38. The van der Waals surface area contributed by atoms with Crippen LogP contribution in [0.3, 0.4) is 0 Å². The molecule has 1 heterocycles. The topological polar surface area (TPSA) is 85.6 Å². The molecular weight excluding hydrogens is 430 g/mol. The molecule has 0 aliphatic heterocycles. The van der Waals surface area contributed by atoms with Gasteiger partial charge in [-0.05, 0) is 62.2 Å². The highest BCUT2D eigenvalue weighted by atomic mass is 16.5. The van der Waals surface area contributed by atoms with Gasteiger partial charge in [0.1, 0.15) is 5.58 Å². The molecule has 0 fully saturated rings. The van der Waals surface area contributed by atoms with Gasteiger partial charge in [-0.2, -0.15) is 0 Å². The van der Waals surface area contributed by atoms with E-state index in [9.17, 15) is 14.4 Å². The van der Waals surface area contributed by atoms with Gasteiger partial charge in [-0.1, -0.05) is 35.9 Å². The van der Waals surface area contributed by atoms with Crippen molar-refractivity contribution in [2.45, 2.75) is 27.7 Å². The fraction of sp³-hybridized carbons (Fsp3) is 0.179. The molecule has 0 bridgehead atoms. The first-order valence-corrected chi connectivity index (χ1v) is 10.9. The molecule has 1 aromatic heterocycles. The molecule has 0 aliphatic rings. The predicted octanol–water partition coefficient (Wildman–Crippen LogP) is 5.61. The van der Waals surface area contributed by atoms with Crippen LogP contribution in [0.2, 0.25) is 0 Å². The van der Waals surface area contributed by atoms with Crippen LogP contribution in [-0.2, 0) is 4.79 Å². The van der Waals surface area contributed by atoms with Gasteiger partial charge in [-0.15, -0.1) is 0 Å². The molecular formula is C28H25NO5. The smallest absolute Gasteiger partial charge is 0.235 e. The van der Waals surface area contributed by atoms with E-state index in [0.717, 1.165) is 16.7 Å². The zero-order valence-corrected chi connectivity index (χ0v) is 19.5. The van der Waals surface area contributed by atoms with E-state index in [1.807, 2.05) is 57.2 Å². The molecule has 4 rings (SSSR count).